The number of nitriles is 1. The van der Waals surface area contributed by atoms with E-state index in [9.17, 15) is 64.4 Å². The lowest BCUT2D eigenvalue weighted by Crippen LogP contribution is -2.10. The van der Waals surface area contributed by atoms with Crippen molar-refractivity contribution in [3.8, 4) is 96.1 Å². The zero-order valence-electron chi connectivity index (χ0n) is 67.3. The summed E-state index contributed by atoms with van der Waals surface area (Å²) in [5.74, 6) is 2.02. The molecule has 0 atom stereocenters. The average Bonchev–Trinajstić information content (AvgIpc) is 1.63. The molecule has 17 rings (SSSR count). The molecule has 0 unspecified atom stereocenters. The predicted octanol–water partition coefficient (Wildman–Crippen LogP) is 18.2. The van der Waals surface area contributed by atoms with Crippen molar-refractivity contribution in [3.05, 3.63) is 245 Å². The molecule has 0 aliphatic carbocycles. The van der Waals surface area contributed by atoms with Gasteiger partial charge in [0.1, 0.15) is 51.8 Å². The summed E-state index contributed by atoms with van der Waals surface area (Å²) in [6.07, 6.45) is 0. The number of ketones is 4. The largest absolute Gasteiger partial charge is 0.455 e. The number of hydrogen-bond donors (Lipinski definition) is 7. The quantitative estimate of drug-likeness (QED) is 0.0159. The Morgan fingerprint density at radius 3 is 1.25 bits per heavy atom. The molecule has 17 aromatic rings. The van der Waals surface area contributed by atoms with Gasteiger partial charge in [-0.15, -0.1) is 20.4 Å². The van der Waals surface area contributed by atoms with Crippen molar-refractivity contribution in [2.45, 2.75) is 69.1 Å². The van der Waals surface area contributed by atoms with E-state index in [-0.39, 0.29) is 74.6 Å². The van der Waals surface area contributed by atoms with E-state index >= 15 is 0 Å². The number of aromatic nitrogens is 15. The number of carbonyl (C=O) groups excluding carboxylic acids is 5. The standard InChI is InChI=1S/C23H16N4O4S.C21H18N6O4S.C21H16N6O3S.C21H19N5O3S/c1-13(28)12-32-23-24-22(25-26-23)15-9-14(10-16(11-15)27(29)30)17-6-4-7-19-18-5-2-3-8-20(18)31-21(17)19;1-10(28)9-32-21-24-20(25-26-21)13-5-12(6-14(7-13)27(30)31)15-3-4-17-16(11(15)2)8-18(23-17)19(22)29;1-11(28)10-31-21-24-20(25-26-21)14-5-13(6-16(7-14)27(29)30)17-3-4-19-18(12(17)2)8-15(9-22)23-19;1-12-6-16-7-14(4-5-19(16)25(12)3)15-8-17(10-18(9-15)26(28)29)20-22-21(24-23-20)30-11-13(2)27/h2-11H,12H2,1H3,(H,24,25,26);3-8,23H,9H2,1-2H3,(H2,22,29)(H,24,25,26);3-8,23H,10H2,1-2H3,(H,24,25,26);4-10H,11H2,1-3H3,(H,22,23,24). The van der Waals surface area contributed by atoms with Crippen LogP contribution in [0.1, 0.15) is 60.7 Å². The molecule has 8 N–H and O–H groups in total. The van der Waals surface area contributed by atoms with Crippen LogP contribution in [0.3, 0.4) is 0 Å². The number of fused-ring (bicyclic) bond motifs is 6. The Morgan fingerprint density at radius 1 is 0.432 bits per heavy atom. The first-order valence-electron chi connectivity index (χ1n) is 37.7. The van der Waals surface area contributed by atoms with Crippen molar-refractivity contribution in [2.24, 2.45) is 12.8 Å². The molecule has 626 valence electrons. The minimum absolute atomic E-state index is 0.00386. The second-order valence-electron chi connectivity index (χ2n) is 28.6. The first kappa shape index (κ1) is 86.0. The van der Waals surface area contributed by atoms with E-state index in [2.05, 4.69) is 87.4 Å². The van der Waals surface area contributed by atoms with Gasteiger partial charge in [0.15, 0.2) is 23.3 Å². The number of nitro benzene ring substituents is 4. The monoisotopic (exact) mass is 1750 g/mol. The van der Waals surface area contributed by atoms with E-state index < -0.39 is 25.6 Å². The molecular weight excluding hydrogens is 1680 g/mol. The zero-order chi connectivity index (χ0) is 88.8. The number of amides is 1. The third-order valence-electron chi connectivity index (χ3n) is 19.6. The van der Waals surface area contributed by atoms with Crippen LogP contribution in [0.5, 0.6) is 0 Å². The fourth-order valence-corrected chi connectivity index (χ4v) is 16.0. The number of benzene rings is 9. The molecule has 8 aromatic heterocycles. The van der Waals surface area contributed by atoms with Gasteiger partial charge in [0.05, 0.1) is 42.7 Å². The summed E-state index contributed by atoms with van der Waals surface area (Å²) in [4.78, 5) is 124. The normalized spacial score (nSPS) is 11.1. The molecule has 9 aromatic carbocycles. The highest BCUT2D eigenvalue weighted by Crippen LogP contribution is 2.42. The second-order valence-corrected chi connectivity index (χ2v) is 32.3. The van der Waals surface area contributed by atoms with E-state index in [1.165, 1.54) is 117 Å². The van der Waals surface area contributed by atoms with Crippen molar-refractivity contribution in [1.29, 1.82) is 5.26 Å². The molecule has 0 radical (unpaired) electrons. The van der Waals surface area contributed by atoms with Crippen LogP contribution in [0, 0.1) is 72.6 Å². The molecule has 0 spiro atoms. The van der Waals surface area contributed by atoms with Crippen LogP contribution in [0.4, 0.5) is 22.7 Å². The van der Waals surface area contributed by atoms with Crippen molar-refractivity contribution >= 4 is 153 Å². The fraction of sp³-hybridized carbons (Fsp3) is 0.140. The summed E-state index contributed by atoms with van der Waals surface area (Å²) in [5.41, 5.74) is 20.7. The number of hydrogen-bond acceptors (Lipinski definition) is 27. The van der Waals surface area contributed by atoms with Crippen molar-refractivity contribution in [3.63, 3.8) is 0 Å². The number of nitrogens with zero attached hydrogens (tertiary/aromatic N) is 14. The van der Waals surface area contributed by atoms with Gasteiger partial charge < -0.3 is 24.7 Å². The lowest BCUT2D eigenvalue weighted by Gasteiger charge is -2.09. The first-order chi connectivity index (χ1) is 59.9. The minimum atomic E-state index is -0.566. The molecule has 8 heterocycles. The average molecular weight is 1750 g/mol. The third kappa shape index (κ3) is 19.7. The number of nitro groups is 4. The van der Waals surface area contributed by atoms with E-state index in [1.54, 1.807) is 36.4 Å². The fourth-order valence-electron chi connectivity index (χ4n) is 13.6. The number of rotatable bonds is 25. The molecule has 35 nitrogen and oxygen atoms in total. The molecule has 0 fully saturated rings. The number of Topliss-reactive ketones (excluding diaryl/α,β-unsaturated/α-hetero) is 4. The van der Waals surface area contributed by atoms with Gasteiger partial charge in [0.2, 0.25) is 20.6 Å². The van der Waals surface area contributed by atoms with Crippen LogP contribution in [0.2, 0.25) is 0 Å². The van der Waals surface area contributed by atoms with Gasteiger partial charge in [-0.05, 0) is 171 Å². The minimum Gasteiger partial charge on any atom is -0.455 e. The number of thioether (sulfide) groups is 4. The van der Waals surface area contributed by atoms with Crippen molar-refractivity contribution in [2.75, 3.05) is 23.0 Å². The number of H-pyrrole nitrogens is 6. The van der Waals surface area contributed by atoms with Crippen LogP contribution in [-0.4, -0.2) is 147 Å². The highest BCUT2D eigenvalue weighted by molar-refractivity contribution is 8.00. The number of nitrogens with two attached hydrogens (primary N) is 1. The number of primary amides is 1. The van der Waals surface area contributed by atoms with E-state index in [1.807, 2.05) is 119 Å². The predicted molar refractivity (Wildman–Crippen MR) is 476 cm³/mol. The lowest BCUT2D eigenvalue weighted by atomic mass is 9.95. The lowest BCUT2D eigenvalue weighted by molar-refractivity contribution is -0.384. The van der Waals surface area contributed by atoms with Crippen molar-refractivity contribution < 1.29 is 48.1 Å². The van der Waals surface area contributed by atoms with Gasteiger partial charge >= 0.3 is 0 Å². The molecule has 39 heteroatoms. The summed E-state index contributed by atoms with van der Waals surface area (Å²) >= 11 is 4.81. The Hall–Kier alpha value is -15.4. The number of aryl methyl sites for hydroxylation is 4. The molecule has 0 aliphatic rings. The molecular formula is C86H69N21O14S4. The Balaban J connectivity index is 0.000000135. The maximum absolute atomic E-state index is 11.6. The maximum Gasteiger partial charge on any atom is 0.270 e. The maximum atomic E-state index is 11.6. The first-order valence-corrected chi connectivity index (χ1v) is 41.6. The van der Waals surface area contributed by atoms with Gasteiger partial charge in [-0.3, -0.25) is 84.8 Å². The summed E-state index contributed by atoms with van der Waals surface area (Å²) < 4.78 is 8.21. The van der Waals surface area contributed by atoms with E-state index in [4.69, 9.17) is 15.4 Å². The summed E-state index contributed by atoms with van der Waals surface area (Å²) in [6.45, 7) is 11.8. The smallest absolute Gasteiger partial charge is 0.270 e. The number of aromatic amines is 6. The van der Waals surface area contributed by atoms with Crippen molar-refractivity contribution in [1.82, 2.24) is 75.3 Å². The van der Waals surface area contributed by atoms with Gasteiger partial charge in [-0.25, -0.2) is 19.9 Å². The summed E-state index contributed by atoms with van der Waals surface area (Å²) in [6, 6.07) is 53.5. The Morgan fingerprint density at radius 2 is 0.824 bits per heavy atom. The van der Waals surface area contributed by atoms with Gasteiger partial charge in [0.25, 0.3) is 28.7 Å². The highest BCUT2D eigenvalue weighted by Gasteiger charge is 2.25. The highest BCUT2D eigenvalue weighted by atomic mass is 32.2. The number of nitrogens with one attached hydrogen (secondary N) is 6. The molecule has 0 saturated heterocycles. The number of para-hydroxylation sites is 2. The third-order valence-corrected chi connectivity index (χ3v) is 23.5. The SMILES string of the molecule is CC(=O)CSc1n[nH]c(-c2cc(-c3ccc4[nH]c(C#N)cc4c3C)cc([N+](=O)[O-])c2)n1.CC(=O)CSc1n[nH]c(-c2cc(-c3ccc4[nH]c(C(N)=O)cc4c3C)cc([N+](=O)[O-])c2)n1.CC(=O)CSc1n[nH]c(-c2cc(-c3ccc4c(c3)cc(C)n4C)cc([N+](=O)[O-])c2)n1.CC(=O)CSc1n[nH]c(-c2cc(-c3cccc4c3oc3ccccc34)cc([N+](=O)[O-])c2)n1. The Bertz CT molecular complexity index is 7270. The van der Waals surface area contributed by atoms with E-state index in [0.29, 0.717) is 94.1 Å². The van der Waals surface area contributed by atoms with E-state index in [0.717, 1.165) is 93.7 Å². The van der Waals surface area contributed by atoms with Crippen LogP contribution < -0.4 is 5.73 Å². The van der Waals surface area contributed by atoms with Gasteiger partial charge in [-0.2, -0.15) is 5.26 Å². The number of furan rings is 1. The van der Waals surface area contributed by atoms with Crippen LogP contribution >= 0.6 is 47.0 Å². The van der Waals surface area contributed by atoms with Crippen LogP contribution in [0.25, 0.3) is 145 Å². The second kappa shape index (κ2) is 36.9. The zero-order valence-corrected chi connectivity index (χ0v) is 70.5. The molecule has 0 saturated carbocycles. The van der Waals surface area contributed by atoms with Gasteiger partial charge in [0, 0.05) is 133 Å². The number of carbonyl (C=O) groups is 5. The summed E-state index contributed by atoms with van der Waals surface area (Å²) in [7, 11) is 2.01. The van der Waals surface area contributed by atoms with Crippen LogP contribution in [0.15, 0.2) is 201 Å². The molecule has 1 amide bonds. The number of non-ortho nitro benzene ring substituents is 4. The van der Waals surface area contributed by atoms with Gasteiger partial charge in [-0.1, -0.05) is 102 Å². The van der Waals surface area contributed by atoms with Crippen LogP contribution in [-0.2, 0) is 26.2 Å². The Kier molecular flexibility index (Phi) is 25.4. The molecule has 0 bridgehead atoms. The molecule has 0 aliphatic heterocycles. The molecule has 125 heavy (non-hydrogen) atoms. The summed E-state index contributed by atoms with van der Waals surface area (Å²) in [5, 5.41) is 89.3. The Labute approximate surface area is 723 Å². The topological polar surface area (TPSA) is 524 Å².